The number of H-pyrrole nitrogens is 1. The average molecular weight is 337 g/mol. The second kappa shape index (κ2) is 7.42. The Morgan fingerprint density at radius 2 is 2.12 bits per heavy atom. The maximum absolute atomic E-state index is 12.1. The molecule has 0 spiro atoms. The number of rotatable bonds is 5. The number of carbonyl (C=O) groups is 2. The van der Waals surface area contributed by atoms with Crippen molar-refractivity contribution in [3.05, 3.63) is 24.1 Å². The number of furan rings is 1. The lowest BCUT2D eigenvalue weighted by molar-refractivity contribution is -0.102. The van der Waals surface area contributed by atoms with Crippen molar-refractivity contribution in [1.29, 1.82) is 0 Å². The summed E-state index contributed by atoms with van der Waals surface area (Å²) in [6, 6.07) is 3.26. The fraction of sp³-hybridized carbons (Fsp3) is 0.529. The Hall–Kier alpha value is -2.44. The van der Waals surface area contributed by atoms with Gasteiger partial charge in [-0.15, -0.1) is 0 Å². The zero-order valence-corrected chi connectivity index (χ0v) is 13.6. The van der Waals surface area contributed by atoms with Gasteiger partial charge >= 0.3 is 12.1 Å². The molecule has 1 atom stereocenters. The number of esters is 1. The summed E-state index contributed by atoms with van der Waals surface area (Å²) in [7, 11) is 0. The second-order valence-electron chi connectivity index (χ2n) is 5.87. The highest BCUT2D eigenvalue weighted by Crippen LogP contribution is 2.21. The van der Waals surface area contributed by atoms with E-state index in [-0.39, 0.29) is 13.2 Å². The molecule has 0 bridgehead atoms. The van der Waals surface area contributed by atoms with Crippen LogP contribution in [0.25, 0.3) is 11.1 Å². The third kappa shape index (κ3) is 3.90. The van der Waals surface area contributed by atoms with E-state index in [4.69, 9.17) is 18.6 Å². The molecule has 2 aromatic rings. The lowest BCUT2D eigenvalue weighted by Crippen LogP contribution is -2.28. The summed E-state index contributed by atoms with van der Waals surface area (Å²) >= 11 is 0. The number of hydrogen-bond acceptors (Lipinski definition) is 6. The molecule has 7 nitrogen and oxygen atoms in total. The summed E-state index contributed by atoms with van der Waals surface area (Å²) < 4.78 is 20.8. The highest BCUT2D eigenvalue weighted by Gasteiger charge is 2.24. The van der Waals surface area contributed by atoms with E-state index in [1.807, 2.05) is 0 Å². The molecular weight excluding hydrogens is 314 g/mol. The first-order chi connectivity index (χ1) is 11.7. The Morgan fingerprint density at radius 3 is 2.83 bits per heavy atom. The summed E-state index contributed by atoms with van der Waals surface area (Å²) in [6.45, 7) is 1.76. The molecule has 0 saturated heterocycles. The molecule has 0 aromatic carbocycles. The largest absolute Gasteiger partial charge is 0.511 e. The van der Waals surface area contributed by atoms with Gasteiger partial charge in [-0.2, -0.15) is 0 Å². The van der Waals surface area contributed by atoms with E-state index >= 15 is 0 Å². The normalized spacial score (nSPS) is 16.7. The first kappa shape index (κ1) is 16.4. The molecule has 132 valence electrons. The molecule has 1 fully saturated rings. The number of hydrogen-bond donors (Lipinski definition) is 1. The summed E-state index contributed by atoms with van der Waals surface area (Å²) in [6.07, 6.45) is 4.97. The third-order valence-corrected chi connectivity index (χ3v) is 4.07. The molecule has 1 N–H and O–H groups in total. The van der Waals surface area contributed by atoms with Crippen molar-refractivity contribution < 1.29 is 29.6 Å². The molecule has 24 heavy (non-hydrogen) atoms. The monoisotopic (exact) mass is 337 g/mol. The number of aromatic amines is 1. The van der Waals surface area contributed by atoms with Crippen LogP contribution >= 0.6 is 0 Å². The van der Waals surface area contributed by atoms with E-state index < -0.39 is 18.4 Å². The average Bonchev–Trinajstić information content (AvgIpc) is 3.16. The van der Waals surface area contributed by atoms with Crippen LogP contribution in [0.2, 0.25) is 0 Å². The van der Waals surface area contributed by atoms with Gasteiger partial charge in [0.15, 0.2) is 5.58 Å². The van der Waals surface area contributed by atoms with Crippen molar-refractivity contribution in [2.24, 2.45) is 0 Å². The molecule has 1 aliphatic rings. The van der Waals surface area contributed by atoms with E-state index in [0.717, 1.165) is 25.7 Å². The summed E-state index contributed by atoms with van der Waals surface area (Å²) in [4.78, 5) is 26.8. The molecule has 3 rings (SSSR count). The summed E-state index contributed by atoms with van der Waals surface area (Å²) in [5.41, 5.74) is 1.51. The van der Waals surface area contributed by atoms with Crippen molar-refractivity contribution >= 4 is 23.2 Å². The minimum Gasteiger partial charge on any atom is -0.463 e. The molecule has 2 aromatic heterocycles. The second-order valence-corrected chi connectivity index (χ2v) is 5.87. The van der Waals surface area contributed by atoms with Gasteiger partial charge in [0.05, 0.1) is 11.8 Å². The maximum atomic E-state index is 12.1. The molecule has 7 heteroatoms. The lowest BCUT2D eigenvalue weighted by atomic mass is 9.98. The van der Waals surface area contributed by atoms with Gasteiger partial charge in [-0.05, 0) is 25.7 Å². The van der Waals surface area contributed by atoms with Crippen molar-refractivity contribution in [3.63, 3.8) is 0 Å². The zero-order chi connectivity index (χ0) is 16.9. The minimum absolute atomic E-state index is 0. The van der Waals surface area contributed by atoms with E-state index in [1.54, 1.807) is 19.1 Å². The standard InChI is InChI=1S/C17H21NO6.H2/c1-2-15(24-17(20)22-11-6-4-3-5-7-11)23-16(19)13-10-14-12(18-13)8-9-21-14;/h8-11,15,18H,2-7H2,1H3;1H. The molecule has 1 unspecified atom stereocenters. The molecule has 1 saturated carbocycles. The van der Waals surface area contributed by atoms with Crippen LogP contribution in [0.4, 0.5) is 4.79 Å². The van der Waals surface area contributed by atoms with Crippen LogP contribution in [-0.4, -0.2) is 29.5 Å². The minimum atomic E-state index is -0.983. The number of fused-ring (bicyclic) bond motifs is 1. The van der Waals surface area contributed by atoms with Crippen molar-refractivity contribution in [1.82, 2.24) is 4.98 Å². The number of nitrogens with one attached hydrogen (secondary N) is 1. The summed E-state index contributed by atoms with van der Waals surface area (Å²) in [5.74, 6) is -0.612. The van der Waals surface area contributed by atoms with Gasteiger partial charge in [0.1, 0.15) is 11.8 Å². The molecule has 2 heterocycles. The van der Waals surface area contributed by atoms with Gasteiger partial charge in [0.2, 0.25) is 0 Å². The van der Waals surface area contributed by atoms with Gasteiger partial charge in [0.25, 0.3) is 6.29 Å². The number of carbonyl (C=O) groups excluding carboxylic acids is 2. The van der Waals surface area contributed by atoms with E-state index in [0.29, 0.717) is 17.5 Å². The van der Waals surface area contributed by atoms with Gasteiger partial charge in [-0.3, -0.25) is 0 Å². The molecular formula is C17H23NO6. The SMILES string of the molecule is CCC(OC(=O)OC1CCCCC1)OC(=O)c1cc2occc2[nH]1.[HH]. The number of ether oxygens (including phenoxy) is 3. The van der Waals surface area contributed by atoms with Crippen LogP contribution in [0.3, 0.4) is 0 Å². The first-order valence-corrected chi connectivity index (χ1v) is 8.30. The molecule has 0 radical (unpaired) electrons. The fourth-order valence-corrected chi connectivity index (χ4v) is 2.79. The van der Waals surface area contributed by atoms with Gasteiger partial charge in [0, 0.05) is 20.0 Å². The first-order valence-electron chi connectivity index (χ1n) is 8.30. The quantitative estimate of drug-likeness (QED) is 0.643. The van der Waals surface area contributed by atoms with Crippen LogP contribution in [0.5, 0.6) is 0 Å². The van der Waals surface area contributed by atoms with Gasteiger partial charge in [-0.25, -0.2) is 9.59 Å². The highest BCUT2D eigenvalue weighted by molar-refractivity contribution is 5.93. The van der Waals surface area contributed by atoms with E-state index in [1.165, 1.54) is 12.7 Å². The highest BCUT2D eigenvalue weighted by atomic mass is 16.8. The fourth-order valence-electron chi connectivity index (χ4n) is 2.79. The number of aromatic nitrogens is 1. The van der Waals surface area contributed by atoms with E-state index in [2.05, 4.69) is 4.98 Å². The Kier molecular flexibility index (Phi) is 5.08. The Labute approximate surface area is 140 Å². The Bertz CT molecular complexity index is 674. The van der Waals surface area contributed by atoms with Crippen molar-refractivity contribution in [3.8, 4) is 0 Å². The van der Waals surface area contributed by atoms with Crippen molar-refractivity contribution in [2.45, 2.75) is 57.8 Å². The smallest absolute Gasteiger partial charge is 0.463 e. The summed E-state index contributed by atoms with van der Waals surface area (Å²) in [5, 5.41) is 0. The zero-order valence-electron chi connectivity index (χ0n) is 13.6. The third-order valence-electron chi connectivity index (χ3n) is 4.07. The van der Waals surface area contributed by atoms with Crippen LogP contribution in [0, 0.1) is 0 Å². The van der Waals surface area contributed by atoms with Crippen molar-refractivity contribution in [2.75, 3.05) is 0 Å². The lowest BCUT2D eigenvalue weighted by Gasteiger charge is -2.23. The predicted molar refractivity (Wildman–Crippen MR) is 86.6 cm³/mol. The predicted octanol–water partition coefficient (Wildman–Crippen LogP) is 4.39. The topological polar surface area (TPSA) is 90.8 Å². The van der Waals surface area contributed by atoms with Crippen LogP contribution in [0.1, 0.15) is 57.4 Å². The molecule has 0 aliphatic heterocycles. The van der Waals surface area contributed by atoms with Crippen LogP contribution in [0.15, 0.2) is 22.8 Å². The maximum Gasteiger partial charge on any atom is 0.511 e. The Balaban J connectivity index is 0.00000225. The van der Waals surface area contributed by atoms with Crippen LogP contribution < -0.4 is 0 Å². The van der Waals surface area contributed by atoms with Crippen LogP contribution in [-0.2, 0) is 14.2 Å². The van der Waals surface area contributed by atoms with Gasteiger partial charge < -0.3 is 23.6 Å². The Morgan fingerprint density at radius 1 is 1.33 bits per heavy atom. The molecule has 1 aliphatic carbocycles. The van der Waals surface area contributed by atoms with Gasteiger partial charge in [-0.1, -0.05) is 13.3 Å². The molecule has 0 amide bonds. The van der Waals surface area contributed by atoms with E-state index in [9.17, 15) is 9.59 Å².